The number of aliphatic hydroxyl groups is 1. The second kappa shape index (κ2) is 13.0. The van der Waals surface area contributed by atoms with Crippen molar-refractivity contribution in [3.05, 3.63) is 44.0 Å². The highest BCUT2D eigenvalue weighted by atomic mass is 17.0. The van der Waals surface area contributed by atoms with Gasteiger partial charge in [0.15, 0.2) is 17.7 Å². The van der Waals surface area contributed by atoms with Crippen LogP contribution in [0.15, 0.2) is 23.8 Å². The smallest absolute Gasteiger partial charge is 0.323 e. The largest absolute Gasteiger partial charge is 0.462 e. The Morgan fingerprint density at radius 1 is 1.11 bits per heavy atom. The Bertz CT molecular complexity index is 1270. The van der Waals surface area contributed by atoms with E-state index in [2.05, 4.69) is 16.6 Å². The van der Waals surface area contributed by atoms with Gasteiger partial charge in [0, 0.05) is 17.3 Å². The first kappa shape index (κ1) is 33.0. The summed E-state index contributed by atoms with van der Waals surface area (Å²) in [5.74, 6) is -2.61. The fourth-order valence-electron chi connectivity index (χ4n) is 8.09. The molecule has 0 aromatic carbocycles. The van der Waals surface area contributed by atoms with Crippen LogP contribution in [0.4, 0.5) is 0 Å². The number of allylic oxidation sites excluding steroid dienone is 4. The maximum atomic E-state index is 13.3. The molecule has 0 aliphatic heterocycles. The predicted octanol–water partition coefficient (Wildman–Crippen LogP) is 1.04. The van der Waals surface area contributed by atoms with Crippen molar-refractivity contribution in [2.24, 2.45) is 40.2 Å². The summed E-state index contributed by atoms with van der Waals surface area (Å²) in [4.78, 5) is 78.9. The van der Waals surface area contributed by atoms with E-state index in [1.165, 1.54) is 0 Å². The number of hydrogen-bond donors (Lipinski definition) is 2. The molecule has 0 bridgehead atoms. The summed E-state index contributed by atoms with van der Waals surface area (Å²) in [6.45, 7) is 1.85. The van der Waals surface area contributed by atoms with Crippen LogP contribution in [0.1, 0.15) is 52.4 Å². The number of nitrogens with two attached hydrogens (primary N) is 1. The molecule has 44 heavy (non-hydrogen) atoms. The van der Waals surface area contributed by atoms with Crippen LogP contribution in [0, 0.1) is 54.7 Å². The van der Waals surface area contributed by atoms with Crippen molar-refractivity contribution in [1.29, 1.82) is 0 Å². The summed E-state index contributed by atoms with van der Waals surface area (Å²) in [6, 6.07) is -1.54. The molecule has 3 N–H and O–H groups in total. The van der Waals surface area contributed by atoms with Gasteiger partial charge in [0.2, 0.25) is 0 Å². The van der Waals surface area contributed by atoms with E-state index in [4.69, 9.17) is 15.2 Å². The van der Waals surface area contributed by atoms with Crippen LogP contribution in [0.25, 0.3) is 0 Å². The molecule has 0 amide bonds. The first-order chi connectivity index (χ1) is 20.7. The highest BCUT2D eigenvalue weighted by molar-refractivity contribution is 6.01. The number of ether oxygens (including phenoxy) is 2. The highest BCUT2D eigenvalue weighted by Gasteiger charge is 2.62. The van der Waals surface area contributed by atoms with E-state index >= 15 is 0 Å². The molecule has 3 saturated carbocycles. The molecule has 9 atom stereocenters. The van der Waals surface area contributed by atoms with Crippen molar-refractivity contribution < 1.29 is 53.6 Å². The monoisotopic (exact) mass is 623 g/mol. The molecule has 242 valence electrons. The molecule has 4 rings (SSSR count). The van der Waals surface area contributed by atoms with E-state index in [0.717, 1.165) is 24.8 Å². The quantitative estimate of drug-likeness (QED) is 0.166. The standard InChI is InChI=1S/C28H37N3O13/c1-27-8-7-16(32)9-15(27)3-4-18-19-5-6-20(28(19,2)11-22(33)25(18)27)23(34)14-41-24(35)10-21(29)26(36)42-12-17(44-31(39)40)13-43-30(37)38/h7-9,17-22,25,33H,3-6,10-14,29H2,1-2H3. The van der Waals surface area contributed by atoms with E-state index in [-0.39, 0.29) is 29.3 Å². The summed E-state index contributed by atoms with van der Waals surface area (Å²) >= 11 is 0. The molecule has 9 unspecified atom stereocenters. The average molecular weight is 624 g/mol. The van der Waals surface area contributed by atoms with E-state index in [0.29, 0.717) is 12.8 Å². The number of ketones is 2. The SMILES string of the molecule is CC12C=CC(=O)C=C1CCC1C2C(O)CC2(C)C(C(=O)COC(=O)CC(N)C(=O)OCC(CO[N+](=O)[O-])O[N+](=O)[O-])CCC12. The minimum Gasteiger partial charge on any atom is -0.462 e. The van der Waals surface area contributed by atoms with Gasteiger partial charge >= 0.3 is 11.9 Å². The van der Waals surface area contributed by atoms with Gasteiger partial charge in [0.25, 0.3) is 10.2 Å². The lowest BCUT2D eigenvalue weighted by Crippen LogP contribution is -2.56. The normalized spacial score (nSPS) is 33.4. The highest BCUT2D eigenvalue weighted by Crippen LogP contribution is 2.66. The Labute approximate surface area is 252 Å². The minimum atomic E-state index is -1.61. The van der Waals surface area contributed by atoms with Gasteiger partial charge in [-0.15, -0.1) is 20.2 Å². The molecule has 0 aromatic rings. The van der Waals surface area contributed by atoms with Crippen molar-refractivity contribution in [3.63, 3.8) is 0 Å². The first-order valence-electron chi connectivity index (χ1n) is 14.5. The topological polar surface area (TPSA) is 238 Å². The maximum absolute atomic E-state index is 13.3. The number of rotatable bonds is 13. The van der Waals surface area contributed by atoms with E-state index < -0.39 is 83.4 Å². The number of Topliss-reactive ketones (excluding diaryl/α,β-unsaturated/α-hetero) is 1. The van der Waals surface area contributed by atoms with Gasteiger partial charge in [0.1, 0.15) is 25.9 Å². The molecular weight excluding hydrogens is 586 g/mol. The van der Waals surface area contributed by atoms with Crippen molar-refractivity contribution in [3.8, 4) is 0 Å². The van der Waals surface area contributed by atoms with Gasteiger partial charge in [-0.1, -0.05) is 25.5 Å². The van der Waals surface area contributed by atoms with Crippen LogP contribution in [0.3, 0.4) is 0 Å². The molecule has 0 heterocycles. The Balaban J connectivity index is 1.29. The summed E-state index contributed by atoms with van der Waals surface area (Å²) in [7, 11) is 0. The van der Waals surface area contributed by atoms with Gasteiger partial charge < -0.3 is 30.0 Å². The van der Waals surface area contributed by atoms with E-state index in [1.807, 2.05) is 13.0 Å². The number of fused-ring (bicyclic) bond motifs is 5. The Morgan fingerprint density at radius 2 is 1.84 bits per heavy atom. The second-order valence-corrected chi connectivity index (χ2v) is 12.5. The lowest BCUT2D eigenvalue weighted by Gasteiger charge is -2.58. The molecule has 16 heteroatoms. The van der Waals surface area contributed by atoms with Crippen molar-refractivity contribution in [1.82, 2.24) is 0 Å². The van der Waals surface area contributed by atoms with E-state index in [9.17, 15) is 44.5 Å². The number of carbonyl (C=O) groups is 4. The molecule has 0 spiro atoms. The predicted molar refractivity (Wildman–Crippen MR) is 146 cm³/mol. The zero-order chi connectivity index (χ0) is 32.4. The molecule has 0 aromatic heterocycles. The molecule has 0 saturated heterocycles. The van der Waals surface area contributed by atoms with E-state index in [1.54, 1.807) is 12.2 Å². The first-order valence-corrected chi connectivity index (χ1v) is 14.5. The van der Waals surface area contributed by atoms with Crippen molar-refractivity contribution in [2.45, 2.75) is 70.6 Å². The fourth-order valence-corrected chi connectivity index (χ4v) is 8.09. The maximum Gasteiger partial charge on any atom is 0.323 e. The van der Waals surface area contributed by atoms with Crippen LogP contribution in [-0.2, 0) is 38.3 Å². The molecule has 16 nitrogen and oxygen atoms in total. The summed E-state index contributed by atoms with van der Waals surface area (Å²) in [6.07, 6.45) is 5.57. The van der Waals surface area contributed by atoms with Gasteiger partial charge in [-0.3, -0.25) is 19.2 Å². The number of hydrogen-bond acceptors (Lipinski definition) is 14. The van der Waals surface area contributed by atoms with Crippen molar-refractivity contribution >= 4 is 23.5 Å². The van der Waals surface area contributed by atoms with Gasteiger partial charge in [-0.05, 0) is 61.5 Å². The molecule has 3 fully saturated rings. The third kappa shape index (κ3) is 6.75. The van der Waals surface area contributed by atoms with Crippen LogP contribution >= 0.6 is 0 Å². The van der Waals surface area contributed by atoms with Crippen LogP contribution in [0.2, 0.25) is 0 Å². The Kier molecular flexibility index (Phi) is 9.73. The number of nitrogens with zero attached hydrogens (tertiary/aromatic N) is 2. The Morgan fingerprint density at radius 3 is 2.52 bits per heavy atom. The van der Waals surface area contributed by atoms with Crippen LogP contribution < -0.4 is 5.73 Å². The summed E-state index contributed by atoms with van der Waals surface area (Å²) in [5.41, 5.74) is 5.80. The Hall–Kier alpha value is -3.92. The average Bonchev–Trinajstić information content (AvgIpc) is 3.29. The lowest BCUT2D eigenvalue weighted by molar-refractivity contribution is -0.790. The van der Waals surface area contributed by atoms with Crippen LogP contribution in [0.5, 0.6) is 0 Å². The van der Waals surface area contributed by atoms with Gasteiger partial charge in [0.05, 0.1) is 12.5 Å². The van der Waals surface area contributed by atoms with Crippen molar-refractivity contribution in [2.75, 3.05) is 19.8 Å². The van der Waals surface area contributed by atoms with Gasteiger partial charge in [-0.2, -0.15) is 0 Å². The van der Waals surface area contributed by atoms with Gasteiger partial charge in [-0.25, -0.2) is 0 Å². The summed E-state index contributed by atoms with van der Waals surface area (Å²) < 4.78 is 9.90. The molecule has 0 radical (unpaired) electrons. The zero-order valence-electron chi connectivity index (χ0n) is 24.5. The summed E-state index contributed by atoms with van der Waals surface area (Å²) in [5, 5.41) is 29.8. The number of aliphatic hydroxyl groups excluding tert-OH is 1. The zero-order valence-corrected chi connectivity index (χ0v) is 24.5. The molecule has 4 aliphatic carbocycles. The number of carbonyl (C=O) groups excluding carboxylic acids is 4. The lowest BCUT2D eigenvalue weighted by atomic mass is 9.46. The fraction of sp³-hybridized carbons (Fsp3) is 0.714. The molecule has 4 aliphatic rings. The second-order valence-electron chi connectivity index (χ2n) is 12.5. The number of esters is 2. The minimum absolute atomic E-state index is 0.0405. The van der Waals surface area contributed by atoms with Crippen LogP contribution in [-0.4, -0.2) is 76.9 Å². The molecular formula is C28H37N3O13. The third-order valence-electron chi connectivity index (χ3n) is 9.96. The third-order valence-corrected chi connectivity index (χ3v) is 9.96.